The van der Waals surface area contributed by atoms with Gasteiger partial charge in [0.1, 0.15) is 11.4 Å². The Morgan fingerprint density at radius 1 is 1.24 bits per heavy atom. The van der Waals surface area contributed by atoms with Gasteiger partial charge in [0, 0.05) is 37.3 Å². The zero-order valence-electron chi connectivity index (χ0n) is 15.2. The van der Waals surface area contributed by atoms with E-state index >= 15 is 0 Å². The van der Waals surface area contributed by atoms with Crippen LogP contribution in [0, 0.1) is 0 Å². The van der Waals surface area contributed by atoms with Crippen LogP contribution in [0.2, 0.25) is 10.0 Å². The molecule has 1 aliphatic rings. The van der Waals surface area contributed by atoms with Crippen LogP contribution in [0.3, 0.4) is 0 Å². The van der Waals surface area contributed by atoms with E-state index in [1.54, 1.807) is 17.0 Å². The molecule has 0 aliphatic carbocycles. The highest BCUT2D eigenvalue weighted by atomic mass is 35.5. The van der Waals surface area contributed by atoms with Gasteiger partial charge < -0.3 is 15.5 Å². The van der Waals surface area contributed by atoms with Crippen molar-refractivity contribution in [2.75, 3.05) is 30.3 Å². The van der Waals surface area contributed by atoms with E-state index in [4.69, 9.17) is 23.2 Å². The summed E-state index contributed by atoms with van der Waals surface area (Å²) in [6.07, 6.45) is -2.05. The maximum atomic E-state index is 13.3. The first-order valence-corrected chi connectivity index (χ1v) is 9.67. The van der Waals surface area contributed by atoms with E-state index in [0.29, 0.717) is 42.8 Å². The lowest BCUT2D eigenvalue weighted by Crippen LogP contribution is -2.27. The molecule has 1 fully saturated rings. The number of carbonyl (C=O) groups is 1. The number of anilines is 3. The highest BCUT2D eigenvalue weighted by molar-refractivity contribution is 6.36. The Morgan fingerprint density at radius 2 is 2.03 bits per heavy atom. The van der Waals surface area contributed by atoms with Crippen LogP contribution < -0.4 is 10.6 Å². The third kappa shape index (κ3) is 5.63. The summed E-state index contributed by atoms with van der Waals surface area (Å²) in [4.78, 5) is 21.0. The minimum atomic E-state index is -4.61. The molecule has 1 aromatic heterocycles. The van der Waals surface area contributed by atoms with Crippen LogP contribution in [0.15, 0.2) is 24.4 Å². The molecule has 1 aromatic carbocycles. The fraction of sp³-hybridized carbons (Fsp3) is 0.389. The van der Waals surface area contributed by atoms with Crippen molar-refractivity contribution in [1.29, 1.82) is 0 Å². The number of rotatable bonds is 7. The largest absolute Gasteiger partial charge is 0.421 e. The minimum absolute atomic E-state index is 0.0422. The van der Waals surface area contributed by atoms with E-state index in [1.165, 1.54) is 6.07 Å². The highest BCUT2D eigenvalue weighted by Gasteiger charge is 2.35. The van der Waals surface area contributed by atoms with E-state index in [9.17, 15) is 18.0 Å². The second-order valence-corrected chi connectivity index (χ2v) is 7.31. The highest BCUT2D eigenvalue weighted by Crippen LogP contribution is 2.34. The lowest BCUT2D eigenvalue weighted by molar-refractivity contribution is -0.137. The smallest absolute Gasteiger partial charge is 0.369 e. The van der Waals surface area contributed by atoms with Crippen LogP contribution in [-0.4, -0.2) is 40.4 Å². The van der Waals surface area contributed by atoms with E-state index in [1.807, 2.05) is 0 Å². The molecule has 6 nitrogen and oxygen atoms in total. The van der Waals surface area contributed by atoms with Crippen molar-refractivity contribution >= 4 is 46.6 Å². The van der Waals surface area contributed by atoms with Crippen molar-refractivity contribution in [2.45, 2.75) is 25.4 Å². The number of hydrogen-bond donors (Lipinski definition) is 2. The predicted molar refractivity (Wildman–Crippen MR) is 106 cm³/mol. The van der Waals surface area contributed by atoms with Crippen LogP contribution in [0.1, 0.15) is 24.8 Å². The Balaban J connectivity index is 1.70. The van der Waals surface area contributed by atoms with Gasteiger partial charge in [-0.2, -0.15) is 18.2 Å². The molecule has 0 saturated carbocycles. The zero-order chi connectivity index (χ0) is 21.0. The summed E-state index contributed by atoms with van der Waals surface area (Å²) in [6.45, 7) is 1.41. The Hall–Kier alpha value is -2.26. The summed E-state index contributed by atoms with van der Waals surface area (Å²) in [5.74, 6) is -0.304. The number of benzene rings is 1. The molecular weight excluding hydrogens is 430 g/mol. The summed E-state index contributed by atoms with van der Waals surface area (Å²) in [6, 6.07) is 4.65. The van der Waals surface area contributed by atoms with Gasteiger partial charge in [-0.3, -0.25) is 4.79 Å². The number of aromatic nitrogens is 2. The molecule has 11 heteroatoms. The number of halogens is 5. The molecule has 3 rings (SSSR count). The maximum absolute atomic E-state index is 13.3. The van der Waals surface area contributed by atoms with Crippen LogP contribution in [-0.2, 0) is 11.0 Å². The second-order valence-electron chi connectivity index (χ2n) is 6.47. The molecular formula is C18H18Cl2F3N5O. The maximum Gasteiger partial charge on any atom is 0.421 e. The number of alkyl halides is 3. The first-order valence-electron chi connectivity index (χ1n) is 8.92. The minimum Gasteiger partial charge on any atom is -0.369 e. The van der Waals surface area contributed by atoms with Gasteiger partial charge in [0.15, 0.2) is 0 Å². The molecule has 2 N–H and O–H groups in total. The van der Waals surface area contributed by atoms with Crippen molar-refractivity contribution in [2.24, 2.45) is 0 Å². The molecule has 156 valence electrons. The average Bonchev–Trinajstić information content (AvgIpc) is 3.05. The van der Waals surface area contributed by atoms with Gasteiger partial charge in [-0.05, 0) is 31.0 Å². The third-order valence-corrected chi connectivity index (χ3v) is 4.89. The Morgan fingerprint density at radius 3 is 2.69 bits per heavy atom. The topological polar surface area (TPSA) is 70.2 Å². The lowest BCUT2D eigenvalue weighted by Gasteiger charge is -2.17. The first-order chi connectivity index (χ1) is 13.7. The molecule has 29 heavy (non-hydrogen) atoms. The zero-order valence-corrected chi connectivity index (χ0v) is 16.7. The molecule has 1 aliphatic heterocycles. The average molecular weight is 448 g/mol. The fourth-order valence-electron chi connectivity index (χ4n) is 2.91. The molecule has 1 saturated heterocycles. The van der Waals surface area contributed by atoms with Crippen molar-refractivity contribution in [3.8, 4) is 0 Å². The van der Waals surface area contributed by atoms with Crippen LogP contribution >= 0.6 is 23.2 Å². The Kier molecular flexibility index (Phi) is 6.69. The van der Waals surface area contributed by atoms with E-state index in [-0.39, 0.29) is 29.2 Å². The van der Waals surface area contributed by atoms with Crippen LogP contribution in [0.5, 0.6) is 0 Å². The SMILES string of the molecule is O=C1CCCN1CCCNc1nc(Nc2ccc(Cl)cc2Cl)ncc1C(F)(F)F. The van der Waals surface area contributed by atoms with Crippen molar-refractivity contribution in [3.05, 3.63) is 40.0 Å². The van der Waals surface area contributed by atoms with Gasteiger partial charge >= 0.3 is 6.18 Å². The number of carbonyl (C=O) groups excluding carboxylic acids is 1. The number of likely N-dealkylation sites (tertiary alicyclic amines) is 1. The molecule has 0 atom stereocenters. The standard InChI is InChI=1S/C18H18Cl2F3N5O/c19-11-4-5-14(13(20)9-11)26-17-25-10-12(18(21,22)23)16(27-17)24-6-2-8-28-7-1-3-15(28)29/h4-5,9-10H,1-3,6-8H2,(H2,24,25,26,27). The predicted octanol–water partition coefficient (Wildman–Crippen LogP) is 4.97. The van der Waals surface area contributed by atoms with E-state index in [0.717, 1.165) is 6.42 Å². The molecule has 2 aromatic rings. The second kappa shape index (κ2) is 9.04. The number of amides is 1. The van der Waals surface area contributed by atoms with Gasteiger partial charge in [-0.25, -0.2) is 4.98 Å². The van der Waals surface area contributed by atoms with E-state index in [2.05, 4.69) is 20.6 Å². The first kappa shape index (κ1) is 21.4. The Labute approximate surface area is 175 Å². The monoisotopic (exact) mass is 447 g/mol. The number of nitrogens with one attached hydrogen (secondary N) is 2. The Bertz CT molecular complexity index is 894. The van der Waals surface area contributed by atoms with Crippen molar-refractivity contribution < 1.29 is 18.0 Å². The van der Waals surface area contributed by atoms with Gasteiger partial charge in [0.25, 0.3) is 0 Å². The van der Waals surface area contributed by atoms with E-state index < -0.39 is 11.7 Å². The fourth-order valence-corrected chi connectivity index (χ4v) is 3.37. The van der Waals surface area contributed by atoms with Gasteiger partial charge in [-0.15, -0.1) is 0 Å². The molecule has 2 heterocycles. The molecule has 0 bridgehead atoms. The van der Waals surface area contributed by atoms with Crippen LogP contribution in [0.25, 0.3) is 0 Å². The summed E-state index contributed by atoms with van der Waals surface area (Å²) < 4.78 is 39.9. The van der Waals surface area contributed by atoms with Crippen LogP contribution in [0.4, 0.5) is 30.6 Å². The summed E-state index contributed by atoms with van der Waals surface area (Å²) in [5.41, 5.74) is -0.558. The molecule has 0 spiro atoms. The quantitative estimate of drug-likeness (QED) is 0.586. The number of nitrogens with zero attached hydrogens (tertiary/aromatic N) is 3. The molecule has 1 amide bonds. The summed E-state index contributed by atoms with van der Waals surface area (Å²) >= 11 is 11.9. The molecule has 0 radical (unpaired) electrons. The summed E-state index contributed by atoms with van der Waals surface area (Å²) in [5, 5.41) is 6.20. The lowest BCUT2D eigenvalue weighted by atomic mass is 10.3. The number of hydrogen-bond acceptors (Lipinski definition) is 5. The van der Waals surface area contributed by atoms with Crippen molar-refractivity contribution in [3.63, 3.8) is 0 Å². The van der Waals surface area contributed by atoms with Gasteiger partial charge in [-0.1, -0.05) is 23.2 Å². The third-order valence-electron chi connectivity index (χ3n) is 4.34. The van der Waals surface area contributed by atoms with Crippen molar-refractivity contribution in [1.82, 2.24) is 14.9 Å². The van der Waals surface area contributed by atoms with Gasteiger partial charge in [0.2, 0.25) is 11.9 Å². The summed E-state index contributed by atoms with van der Waals surface area (Å²) in [7, 11) is 0. The van der Waals surface area contributed by atoms with Gasteiger partial charge in [0.05, 0.1) is 10.7 Å². The molecule has 0 unspecified atom stereocenters. The normalized spacial score (nSPS) is 14.4.